The number of aliphatic hydroxyl groups is 1. The van der Waals surface area contributed by atoms with E-state index in [9.17, 15) is 9.90 Å². The van der Waals surface area contributed by atoms with Crippen LogP contribution < -0.4 is 0 Å². The highest BCUT2D eigenvalue weighted by atomic mass is 28.4. The van der Waals surface area contributed by atoms with Crippen LogP contribution in [0, 0.1) is 0 Å². The third-order valence-electron chi connectivity index (χ3n) is 6.89. The van der Waals surface area contributed by atoms with Crippen LogP contribution in [0.5, 0.6) is 0 Å². The van der Waals surface area contributed by atoms with Gasteiger partial charge in [-0.1, -0.05) is 71.9 Å². The van der Waals surface area contributed by atoms with Gasteiger partial charge >= 0.3 is 0 Å². The zero-order chi connectivity index (χ0) is 25.8. The molecule has 0 aliphatic carbocycles. The van der Waals surface area contributed by atoms with Gasteiger partial charge < -0.3 is 28.5 Å². The molecule has 1 N–H and O–H groups in total. The lowest BCUT2D eigenvalue weighted by Gasteiger charge is -2.49. The van der Waals surface area contributed by atoms with Crippen molar-refractivity contribution in [3.8, 4) is 0 Å². The van der Waals surface area contributed by atoms with E-state index in [-0.39, 0.29) is 22.4 Å². The molecule has 0 bridgehead atoms. The van der Waals surface area contributed by atoms with E-state index in [1.54, 1.807) is 26.0 Å². The molecule has 7 nitrogen and oxygen atoms in total. The maximum atomic E-state index is 13.8. The Hall–Kier alpha value is -1.13. The number of hydrogen-bond acceptors (Lipinski definition) is 7. The summed E-state index contributed by atoms with van der Waals surface area (Å²) in [7, 11) is 0.599. The van der Waals surface area contributed by atoms with E-state index in [1.807, 2.05) is 18.2 Å². The third kappa shape index (κ3) is 5.98. The monoisotopic (exact) mass is 496 g/mol. The average molecular weight is 497 g/mol. The molecule has 1 aliphatic heterocycles. The summed E-state index contributed by atoms with van der Waals surface area (Å²) in [4.78, 5) is 13.8. The van der Waals surface area contributed by atoms with E-state index in [0.717, 1.165) is 0 Å². The van der Waals surface area contributed by atoms with Crippen molar-refractivity contribution in [2.45, 2.75) is 109 Å². The molecular weight excluding hydrogens is 452 g/mol. The molecule has 0 amide bonds. The molecule has 1 aliphatic rings. The van der Waals surface area contributed by atoms with Gasteiger partial charge in [0, 0.05) is 14.2 Å². The molecule has 34 heavy (non-hydrogen) atoms. The number of methoxy groups -OCH3 is 2. The van der Waals surface area contributed by atoms with Gasteiger partial charge in [0.25, 0.3) is 0 Å². The minimum absolute atomic E-state index is 0.276. The molecule has 1 saturated heterocycles. The molecule has 1 aromatic rings. The van der Waals surface area contributed by atoms with Crippen molar-refractivity contribution in [1.82, 2.24) is 0 Å². The zero-order valence-electron chi connectivity index (χ0n) is 22.4. The number of carbonyl (C=O) groups is 1. The first-order chi connectivity index (χ1) is 15.8. The van der Waals surface area contributed by atoms with Gasteiger partial charge in [-0.3, -0.25) is 4.79 Å². The van der Waals surface area contributed by atoms with E-state index in [4.69, 9.17) is 23.4 Å². The number of benzene rings is 1. The van der Waals surface area contributed by atoms with Crippen LogP contribution >= 0.6 is 0 Å². The Bertz CT molecular complexity index is 755. The van der Waals surface area contributed by atoms with Crippen LogP contribution in [0.3, 0.4) is 0 Å². The fourth-order valence-electron chi connectivity index (χ4n) is 5.46. The van der Waals surface area contributed by atoms with E-state index >= 15 is 0 Å². The van der Waals surface area contributed by atoms with Crippen LogP contribution in [0.1, 0.15) is 67.1 Å². The van der Waals surface area contributed by atoms with Crippen LogP contribution in [0.2, 0.25) is 16.6 Å². The minimum atomic E-state index is -2.45. The van der Waals surface area contributed by atoms with E-state index in [0.29, 0.717) is 5.56 Å². The first-order valence-electron chi connectivity index (χ1n) is 12.2. The van der Waals surface area contributed by atoms with Crippen LogP contribution in [0.25, 0.3) is 0 Å². The number of hydrogen-bond donors (Lipinski definition) is 1. The molecule has 0 spiro atoms. The van der Waals surface area contributed by atoms with E-state index in [2.05, 4.69) is 41.5 Å². The molecule has 194 valence electrons. The zero-order valence-corrected chi connectivity index (χ0v) is 23.4. The number of ketones is 1. The smallest absolute Gasteiger partial charge is 0.201 e. The summed E-state index contributed by atoms with van der Waals surface area (Å²) >= 11 is 0. The van der Waals surface area contributed by atoms with Crippen molar-refractivity contribution >= 4 is 14.1 Å². The first-order valence-corrected chi connectivity index (χ1v) is 14.3. The van der Waals surface area contributed by atoms with Gasteiger partial charge in [0.15, 0.2) is 30.1 Å². The lowest BCUT2D eigenvalue weighted by molar-refractivity contribution is -0.312. The highest BCUT2D eigenvalue weighted by Crippen LogP contribution is 2.45. The van der Waals surface area contributed by atoms with Crippen molar-refractivity contribution in [1.29, 1.82) is 0 Å². The van der Waals surface area contributed by atoms with Gasteiger partial charge in [0.1, 0.15) is 12.2 Å². The summed E-state index contributed by atoms with van der Waals surface area (Å²) in [5.41, 5.74) is 1.43. The standard InChI is InChI=1S/C26H44O7Si/c1-16(2)34(17(3)4,18(5)6)33-24(25(29-9)30-10)23-21(28)22(31-26(7,8)32-23)20(27)19-14-12-11-13-15-19/h11-18,20,22-25,27H,1-10H3/t20-,22-,23-,24-/m1/s1. The van der Waals surface area contributed by atoms with Crippen molar-refractivity contribution in [3.63, 3.8) is 0 Å². The summed E-state index contributed by atoms with van der Waals surface area (Å²) in [5, 5.41) is 11.1. The Morgan fingerprint density at radius 3 is 1.79 bits per heavy atom. The van der Waals surface area contributed by atoms with Gasteiger partial charge in [-0.2, -0.15) is 0 Å². The van der Waals surface area contributed by atoms with Crippen molar-refractivity contribution in [2.24, 2.45) is 0 Å². The number of aliphatic hydroxyl groups excluding tert-OH is 1. The van der Waals surface area contributed by atoms with E-state index < -0.39 is 44.8 Å². The maximum absolute atomic E-state index is 13.8. The van der Waals surface area contributed by atoms with Gasteiger partial charge in [-0.05, 0) is 36.0 Å². The molecule has 1 aromatic carbocycles. The lowest BCUT2D eigenvalue weighted by Crippen LogP contribution is -2.63. The fraction of sp³-hybridized carbons (Fsp3) is 0.731. The normalized spacial score (nSPS) is 23.2. The van der Waals surface area contributed by atoms with Crippen LogP contribution in [0.15, 0.2) is 30.3 Å². The van der Waals surface area contributed by atoms with Gasteiger partial charge in [0.2, 0.25) is 8.32 Å². The lowest BCUT2D eigenvalue weighted by atomic mass is 9.94. The van der Waals surface area contributed by atoms with Crippen LogP contribution in [-0.4, -0.2) is 63.8 Å². The Morgan fingerprint density at radius 1 is 0.882 bits per heavy atom. The molecular formula is C26H44O7Si. The SMILES string of the molecule is COC(OC)[C@H](O[Si](C(C)C)(C(C)C)C(C)C)[C@@H]1OC(C)(C)O[C@H]([C@H](O)c2ccccc2)C1=O. The summed E-state index contributed by atoms with van der Waals surface area (Å²) in [6.45, 7) is 16.5. The first kappa shape index (κ1) is 29.1. The van der Waals surface area contributed by atoms with Gasteiger partial charge in [-0.15, -0.1) is 0 Å². The summed E-state index contributed by atoms with van der Waals surface area (Å²) < 4.78 is 30.4. The summed E-state index contributed by atoms with van der Waals surface area (Å²) in [5.74, 6) is -1.52. The minimum Gasteiger partial charge on any atom is -0.405 e. The second-order valence-corrected chi connectivity index (χ2v) is 15.9. The highest BCUT2D eigenvalue weighted by Gasteiger charge is 2.55. The highest BCUT2D eigenvalue weighted by molar-refractivity contribution is 6.77. The van der Waals surface area contributed by atoms with Crippen molar-refractivity contribution < 1.29 is 33.3 Å². The number of carbonyl (C=O) groups excluding carboxylic acids is 1. The van der Waals surface area contributed by atoms with Crippen LogP contribution in [-0.2, 0) is 28.2 Å². The van der Waals surface area contributed by atoms with Crippen LogP contribution in [0.4, 0.5) is 0 Å². The molecule has 0 radical (unpaired) electrons. The second-order valence-electron chi connectivity index (χ2n) is 10.5. The molecule has 4 atom stereocenters. The molecule has 0 unspecified atom stereocenters. The number of ether oxygens (including phenoxy) is 4. The van der Waals surface area contributed by atoms with Crippen molar-refractivity contribution in [3.05, 3.63) is 35.9 Å². The average Bonchev–Trinajstić information content (AvgIpc) is 2.77. The van der Waals surface area contributed by atoms with Gasteiger partial charge in [0.05, 0.1) is 0 Å². The number of rotatable bonds is 11. The fourth-order valence-corrected chi connectivity index (χ4v) is 11.0. The van der Waals surface area contributed by atoms with E-state index in [1.165, 1.54) is 14.2 Å². The predicted octanol–water partition coefficient (Wildman–Crippen LogP) is 4.99. The van der Waals surface area contributed by atoms with Gasteiger partial charge in [-0.25, -0.2) is 0 Å². The van der Waals surface area contributed by atoms with Crippen molar-refractivity contribution in [2.75, 3.05) is 14.2 Å². The Morgan fingerprint density at radius 2 is 1.35 bits per heavy atom. The molecule has 1 fully saturated rings. The molecule has 0 saturated carbocycles. The Labute approximate surface area is 206 Å². The number of Topliss-reactive ketones (excluding diaryl/α,β-unsaturated/α-hetero) is 1. The largest absolute Gasteiger partial charge is 0.405 e. The maximum Gasteiger partial charge on any atom is 0.201 e. The quantitative estimate of drug-likeness (QED) is 0.341. The molecule has 8 heteroatoms. The predicted molar refractivity (Wildman–Crippen MR) is 134 cm³/mol. The molecule has 2 rings (SSSR count). The summed E-state index contributed by atoms with van der Waals surface area (Å²) in [6.07, 6.45) is -4.97. The Kier molecular flexibility index (Phi) is 10.0. The Balaban J connectivity index is 2.55. The molecule has 0 aromatic heterocycles. The summed E-state index contributed by atoms with van der Waals surface area (Å²) in [6, 6.07) is 9.03. The second kappa shape index (κ2) is 11.7. The third-order valence-corrected chi connectivity index (χ3v) is 13.0. The topological polar surface area (TPSA) is 83.5 Å². The molecule has 1 heterocycles.